The fourth-order valence-corrected chi connectivity index (χ4v) is 2.52. The van der Waals surface area contributed by atoms with Crippen LogP contribution in [-0.4, -0.2) is 9.97 Å². The fraction of sp³-hybridized carbons (Fsp3) is 0.167. The van der Waals surface area contributed by atoms with Crippen LogP contribution in [0, 0.1) is 0 Å². The maximum absolute atomic E-state index is 11.1. The van der Waals surface area contributed by atoms with E-state index in [-0.39, 0.29) is 6.04 Å². The van der Waals surface area contributed by atoms with Gasteiger partial charge in [0.1, 0.15) is 5.01 Å². The maximum atomic E-state index is 11.1. The van der Waals surface area contributed by atoms with Gasteiger partial charge in [0.05, 0.1) is 17.3 Å². The van der Waals surface area contributed by atoms with E-state index in [2.05, 4.69) is 9.97 Å². The van der Waals surface area contributed by atoms with E-state index in [0.717, 1.165) is 16.3 Å². The molecule has 0 spiro atoms. The Labute approximate surface area is 106 Å². The smallest absolute Gasteiger partial charge is 0.408 e. The highest BCUT2D eigenvalue weighted by molar-refractivity contribution is 7.10. The number of fused-ring (bicyclic) bond motifs is 1. The molecule has 1 atom stereocenters. The highest BCUT2D eigenvalue weighted by Crippen LogP contribution is 2.26. The lowest BCUT2D eigenvalue weighted by molar-refractivity contribution is 0.555. The summed E-state index contributed by atoms with van der Waals surface area (Å²) < 4.78 is 5.02. The lowest BCUT2D eigenvalue weighted by atomic mass is 10.1. The second-order valence-electron chi connectivity index (χ2n) is 4.09. The quantitative estimate of drug-likeness (QED) is 0.741. The highest BCUT2D eigenvalue weighted by Gasteiger charge is 2.09. The van der Waals surface area contributed by atoms with E-state index in [9.17, 15) is 4.79 Å². The second kappa shape index (κ2) is 4.08. The number of benzene rings is 1. The standard InChI is InChI=1S/C12H11N3O2S/c1-6(13)11-14-9(5-18-11)7-2-3-8-10(4-7)17-12(16)15-8/h2-6H,13H2,1H3,(H,15,16). The highest BCUT2D eigenvalue weighted by atomic mass is 32.1. The van der Waals surface area contributed by atoms with Crippen molar-refractivity contribution in [1.82, 2.24) is 9.97 Å². The summed E-state index contributed by atoms with van der Waals surface area (Å²) in [6, 6.07) is 5.43. The Morgan fingerprint density at radius 2 is 2.33 bits per heavy atom. The number of rotatable bonds is 2. The molecule has 1 aromatic carbocycles. The minimum Gasteiger partial charge on any atom is -0.408 e. The number of nitrogens with one attached hydrogen (secondary N) is 1. The van der Waals surface area contributed by atoms with Gasteiger partial charge < -0.3 is 10.2 Å². The molecular formula is C12H11N3O2S. The van der Waals surface area contributed by atoms with E-state index in [0.29, 0.717) is 11.1 Å². The van der Waals surface area contributed by atoms with E-state index in [1.165, 1.54) is 11.3 Å². The van der Waals surface area contributed by atoms with Crippen molar-refractivity contribution in [1.29, 1.82) is 0 Å². The molecule has 0 saturated carbocycles. The summed E-state index contributed by atoms with van der Waals surface area (Å²) in [5, 5.41) is 2.84. The molecule has 3 aromatic rings. The minimum absolute atomic E-state index is 0.0716. The topological polar surface area (TPSA) is 84.9 Å². The van der Waals surface area contributed by atoms with Crippen LogP contribution in [0.3, 0.4) is 0 Å². The Kier molecular flexibility index (Phi) is 2.53. The third-order valence-electron chi connectivity index (χ3n) is 2.63. The van der Waals surface area contributed by atoms with Gasteiger partial charge in [-0.25, -0.2) is 9.78 Å². The monoisotopic (exact) mass is 261 g/mol. The molecule has 3 rings (SSSR count). The molecule has 0 bridgehead atoms. The normalized spacial score (nSPS) is 13.0. The van der Waals surface area contributed by atoms with E-state index in [4.69, 9.17) is 10.2 Å². The number of H-pyrrole nitrogens is 1. The van der Waals surface area contributed by atoms with Crippen molar-refractivity contribution < 1.29 is 4.42 Å². The Bertz CT molecular complexity index is 754. The van der Waals surface area contributed by atoms with Crippen LogP contribution >= 0.6 is 11.3 Å². The van der Waals surface area contributed by atoms with Crippen molar-refractivity contribution in [3.05, 3.63) is 39.1 Å². The van der Waals surface area contributed by atoms with Crippen molar-refractivity contribution in [3.8, 4) is 11.3 Å². The van der Waals surface area contributed by atoms with E-state index < -0.39 is 5.76 Å². The van der Waals surface area contributed by atoms with Crippen molar-refractivity contribution in [2.45, 2.75) is 13.0 Å². The molecule has 0 aliphatic heterocycles. The third-order valence-corrected chi connectivity index (χ3v) is 3.67. The zero-order chi connectivity index (χ0) is 12.7. The minimum atomic E-state index is -0.448. The van der Waals surface area contributed by atoms with Crippen LogP contribution in [0.25, 0.3) is 22.4 Å². The lowest BCUT2D eigenvalue weighted by Gasteiger charge is -1.98. The molecule has 0 saturated heterocycles. The van der Waals surface area contributed by atoms with Gasteiger partial charge in [-0.2, -0.15) is 0 Å². The predicted octanol–water partition coefficient (Wildman–Crippen LogP) is 2.26. The molecule has 3 N–H and O–H groups in total. The molecule has 1 unspecified atom stereocenters. The maximum Gasteiger partial charge on any atom is 0.417 e. The molecule has 92 valence electrons. The molecule has 0 amide bonds. The summed E-state index contributed by atoms with van der Waals surface area (Å²) in [5.74, 6) is -0.448. The lowest BCUT2D eigenvalue weighted by Crippen LogP contribution is -2.03. The first-order chi connectivity index (χ1) is 8.63. The van der Waals surface area contributed by atoms with Gasteiger partial charge >= 0.3 is 5.76 Å². The number of nitrogens with two attached hydrogens (primary N) is 1. The van der Waals surface area contributed by atoms with E-state index >= 15 is 0 Å². The zero-order valence-electron chi connectivity index (χ0n) is 9.64. The number of aromatic amines is 1. The van der Waals surface area contributed by atoms with Crippen LogP contribution in [0.15, 0.2) is 32.8 Å². The summed E-state index contributed by atoms with van der Waals surface area (Å²) in [6.45, 7) is 1.90. The summed E-state index contributed by atoms with van der Waals surface area (Å²) in [7, 11) is 0. The Hall–Kier alpha value is -1.92. The van der Waals surface area contributed by atoms with Crippen LogP contribution < -0.4 is 11.5 Å². The summed E-state index contributed by atoms with van der Waals surface area (Å²) in [5.41, 5.74) is 8.76. The molecule has 6 heteroatoms. The summed E-state index contributed by atoms with van der Waals surface area (Å²) >= 11 is 1.53. The van der Waals surface area contributed by atoms with Gasteiger partial charge in [-0.05, 0) is 19.1 Å². The Morgan fingerprint density at radius 3 is 3.06 bits per heavy atom. The van der Waals surface area contributed by atoms with Crippen molar-refractivity contribution in [2.24, 2.45) is 5.73 Å². The first kappa shape index (κ1) is 11.2. The summed E-state index contributed by atoms with van der Waals surface area (Å²) in [6.07, 6.45) is 0. The fourth-order valence-electron chi connectivity index (χ4n) is 1.73. The number of thiazole rings is 1. The third kappa shape index (κ3) is 1.85. The SMILES string of the molecule is CC(N)c1nc(-c2ccc3[nH]c(=O)oc3c2)cs1. The molecule has 2 heterocycles. The van der Waals surface area contributed by atoms with Crippen LogP contribution in [-0.2, 0) is 0 Å². The molecule has 0 aliphatic carbocycles. The van der Waals surface area contributed by atoms with Gasteiger partial charge in [0.25, 0.3) is 0 Å². The molecule has 0 radical (unpaired) electrons. The van der Waals surface area contributed by atoms with Crippen LogP contribution in [0.1, 0.15) is 18.0 Å². The molecule has 5 nitrogen and oxygen atoms in total. The van der Waals surface area contributed by atoms with Crippen LogP contribution in [0.2, 0.25) is 0 Å². The first-order valence-electron chi connectivity index (χ1n) is 5.48. The van der Waals surface area contributed by atoms with Gasteiger partial charge in [-0.3, -0.25) is 4.98 Å². The summed E-state index contributed by atoms with van der Waals surface area (Å²) in [4.78, 5) is 18.1. The van der Waals surface area contributed by atoms with E-state index in [1.807, 2.05) is 18.4 Å². The van der Waals surface area contributed by atoms with Crippen molar-refractivity contribution in [3.63, 3.8) is 0 Å². The Balaban J connectivity index is 2.09. The van der Waals surface area contributed by atoms with Crippen LogP contribution in [0.5, 0.6) is 0 Å². The van der Waals surface area contributed by atoms with Crippen LogP contribution in [0.4, 0.5) is 0 Å². The van der Waals surface area contributed by atoms with Crippen molar-refractivity contribution >= 4 is 22.4 Å². The van der Waals surface area contributed by atoms with Gasteiger partial charge in [0.15, 0.2) is 5.58 Å². The molecule has 18 heavy (non-hydrogen) atoms. The van der Waals surface area contributed by atoms with Gasteiger partial charge in [0, 0.05) is 10.9 Å². The number of hydrogen-bond acceptors (Lipinski definition) is 5. The molecule has 0 fully saturated rings. The number of oxazole rings is 1. The van der Waals surface area contributed by atoms with Gasteiger partial charge in [0.2, 0.25) is 0 Å². The zero-order valence-corrected chi connectivity index (χ0v) is 10.5. The molecule has 0 aliphatic rings. The Morgan fingerprint density at radius 1 is 1.50 bits per heavy atom. The largest absolute Gasteiger partial charge is 0.417 e. The number of hydrogen-bond donors (Lipinski definition) is 2. The predicted molar refractivity (Wildman–Crippen MR) is 70.5 cm³/mol. The number of nitrogens with zero attached hydrogens (tertiary/aromatic N) is 1. The van der Waals surface area contributed by atoms with E-state index in [1.54, 1.807) is 12.1 Å². The second-order valence-corrected chi connectivity index (χ2v) is 4.97. The first-order valence-corrected chi connectivity index (χ1v) is 6.36. The average molecular weight is 261 g/mol. The molecule has 2 aromatic heterocycles. The molecular weight excluding hydrogens is 250 g/mol. The van der Waals surface area contributed by atoms with Gasteiger partial charge in [-0.1, -0.05) is 6.07 Å². The number of aromatic nitrogens is 2. The average Bonchev–Trinajstić information content (AvgIpc) is 2.91. The van der Waals surface area contributed by atoms with Gasteiger partial charge in [-0.15, -0.1) is 11.3 Å². The van der Waals surface area contributed by atoms with Crippen molar-refractivity contribution in [2.75, 3.05) is 0 Å².